The van der Waals surface area contributed by atoms with E-state index in [-0.39, 0.29) is 20.1 Å². The number of halogens is 4. The molecule has 1 nitrogen and oxygen atoms in total. The third-order valence-corrected chi connectivity index (χ3v) is 2.60. The Morgan fingerprint density at radius 2 is 1.45 bits per heavy atom. The first-order chi connectivity index (χ1) is 5.04. The van der Waals surface area contributed by atoms with E-state index < -0.39 is 5.75 Å². The van der Waals surface area contributed by atoms with E-state index >= 15 is 0 Å². The van der Waals surface area contributed by atoms with E-state index in [1.807, 2.05) is 0 Å². The Morgan fingerprint density at radius 3 is 2.00 bits per heavy atom. The van der Waals surface area contributed by atoms with Gasteiger partial charge in [0.05, 0.1) is 15.1 Å². The molecule has 0 N–H and O–H groups in total. The summed E-state index contributed by atoms with van der Waals surface area (Å²) in [5.41, 5.74) is 0. The molecule has 5 heteroatoms. The van der Waals surface area contributed by atoms with Gasteiger partial charge in [-0.1, -0.05) is 46.4 Å². The average Bonchev–Trinajstić information content (AvgIpc) is 1.97. The van der Waals surface area contributed by atoms with Gasteiger partial charge in [0.15, 0.2) is 0 Å². The Bertz CT molecular complexity index is 271. The molecule has 0 atom stereocenters. The maximum atomic E-state index is 10.9. The van der Waals surface area contributed by atoms with Gasteiger partial charge in [-0.25, -0.2) is 0 Å². The highest BCUT2D eigenvalue weighted by Crippen LogP contribution is 2.41. The summed E-state index contributed by atoms with van der Waals surface area (Å²) in [5, 5.41) is 11.0. The van der Waals surface area contributed by atoms with Crippen LogP contribution in [0.1, 0.15) is 0 Å². The molecule has 59 valence electrons. The van der Waals surface area contributed by atoms with Crippen molar-refractivity contribution in [2.75, 3.05) is 0 Å². The van der Waals surface area contributed by atoms with Gasteiger partial charge in [0, 0.05) is 0 Å². The molecule has 11 heavy (non-hydrogen) atoms. The van der Waals surface area contributed by atoms with E-state index in [1.165, 1.54) is 6.07 Å². The molecule has 1 rings (SSSR count). The van der Waals surface area contributed by atoms with Gasteiger partial charge in [0.1, 0.15) is 5.02 Å². The molecule has 1 aromatic rings. The summed E-state index contributed by atoms with van der Waals surface area (Å²) in [6, 6.07) is 1.26. The molecule has 0 fully saturated rings. The quantitative estimate of drug-likeness (QED) is 0.464. The van der Waals surface area contributed by atoms with Gasteiger partial charge in [-0.3, -0.25) is 5.11 Å². The van der Waals surface area contributed by atoms with Crippen LogP contribution in [0.15, 0.2) is 6.07 Å². The molecule has 0 aliphatic carbocycles. The fourth-order valence-corrected chi connectivity index (χ4v) is 1.45. The van der Waals surface area contributed by atoms with Crippen LogP contribution in [0, 0.1) is 0 Å². The second kappa shape index (κ2) is 3.28. The normalized spacial score (nSPS) is 10.2. The Morgan fingerprint density at radius 1 is 0.909 bits per heavy atom. The van der Waals surface area contributed by atoms with Crippen LogP contribution in [0.3, 0.4) is 0 Å². The zero-order valence-electron chi connectivity index (χ0n) is 5.00. The molecule has 1 radical (unpaired) electrons. The van der Waals surface area contributed by atoms with Crippen LogP contribution in [-0.4, -0.2) is 0 Å². The molecule has 0 aliphatic heterocycles. The SMILES string of the molecule is [O]c1c(Cl)cc(Cl)c(Cl)c1Cl. The van der Waals surface area contributed by atoms with Crippen LogP contribution in [-0.2, 0) is 5.11 Å². The Hall–Kier alpha value is 0.180. The molecule has 0 amide bonds. The minimum absolute atomic E-state index is 0.0237. The molecule has 0 saturated heterocycles. The summed E-state index contributed by atoms with van der Waals surface area (Å²) in [6.07, 6.45) is 0. The highest BCUT2D eigenvalue weighted by Gasteiger charge is 2.13. The topological polar surface area (TPSA) is 19.9 Å². The van der Waals surface area contributed by atoms with E-state index in [0.29, 0.717) is 0 Å². The number of hydrogen-bond donors (Lipinski definition) is 0. The summed E-state index contributed by atoms with van der Waals surface area (Å²) in [4.78, 5) is 0. The van der Waals surface area contributed by atoms with Gasteiger partial charge < -0.3 is 0 Å². The lowest BCUT2D eigenvalue weighted by Crippen LogP contribution is -1.74. The van der Waals surface area contributed by atoms with Crippen molar-refractivity contribution >= 4 is 46.4 Å². The second-order valence-electron chi connectivity index (χ2n) is 1.80. The molecule has 0 saturated carbocycles. The first kappa shape index (κ1) is 9.27. The van der Waals surface area contributed by atoms with Gasteiger partial charge in [-0.2, -0.15) is 0 Å². The van der Waals surface area contributed by atoms with E-state index in [1.54, 1.807) is 0 Å². The van der Waals surface area contributed by atoms with E-state index in [9.17, 15) is 5.11 Å². The molecular weight excluding hydrogens is 230 g/mol. The molecule has 0 bridgehead atoms. The standard InChI is InChI=1S/C6HCl4O/c7-2-1-3(8)6(11)5(10)4(2)9/h1H. The summed E-state index contributed by atoms with van der Waals surface area (Å²) >= 11 is 22.0. The van der Waals surface area contributed by atoms with Gasteiger partial charge in [-0.15, -0.1) is 0 Å². The lowest BCUT2D eigenvalue weighted by molar-refractivity contribution is 0.355. The maximum absolute atomic E-state index is 10.9. The van der Waals surface area contributed by atoms with Crippen molar-refractivity contribution in [2.24, 2.45) is 0 Å². The largest absolute Gasteiger partial charge is 0.287 e. The Kier molecular flexibility index (Phi) is 2.76. The highest BCUT2D eigenvalue weighted by molar-refractivity contribution is 6.50. The lowest BCUT2D eigenvalue weighted by Gasteiger charge is -2.00. The minimum atomic E-state index is -0.497. The summed E-state index contributed by atoms with van der Waals surface area (Å²) in [6.45, 7) is 0. The van der Waals surface area contributed by atoms with Crippen LogP contribution in [0.2, 0.25) is 20.1 Å². The summed E-state index contributed by atoms with van der Waals surface area (Å²) in [7, 11) is 0. The molecular formula is C6HCl4O. The molecule has 0 spiro atoms. The third-order valence-electron chi connectivity index (χ3n) is 1.07. The predicted molar refractivity (Wildman–Crippen MR) is 46.6 cm³/mol. The van der Waals surface area contributed by atoms with Crippen molar-refractivity contribution in [2.45, 2.75) is 0 Å². The predicted octanol–water partition coefficient (Wildman–Crippen LogP) is 4.44. The van der Waals surface area contributed by atoms with Crippen LogP contribution in [0.25, 0.3) is 0 Å². The van der Waals surface area contributed by atoms with Gasteiger partial charge in [0.2, 0.25) is 5.75 Å². The summed E-state index contributed by atoms with van der Waals surface area (Å²) < 4.78 is 0. The highest BCUT2D eigenvalue weighted by atomic mass is 35.5. The number of hydrogen-bond acceptors (Lipinski definition) is 0. The monoisotopic (exact) mass is 229 g/mol. The lowest BCUT2D eigenvalue weighted by atomic mass is 10.3. The van der Waals surface area contributed by atoms with Crippen molar-refractivity contribution in [1.82, 2.24) is 0 Å². The zero-order valence-corrected chi connectivity index (χ0v) is 8.02. The fraction of sp³-hybridized carbons (Fsp3) is 0. The van der Waals surface area contributed by atoms with E-state index in [4.69, 9.17) is 46.4 Å². The van der Waals surface area contributed by atoms with Crippen LogP contribution < -0.4 is 0 Å². The van der Waals surface area contributed by atoms with E-state index in [2.05, 4.69) is 0 Å². The van der Waals surface area contributed by atoms with Crippen molar-refractivity contribution in [1.29, 1.82) is 0 Å². The van der Waals surface area contributed by atoms with Gasteiger partial charge in [0.25, 0.3) is 0 Å². The van der Waals surface area contributed by atoms with Crippen LogP contribution in [0.5, 0.6) is 5.75 Å². The first-order valence-corrected chi connectivity index (χ1v) is 4.05. The van der Waals surface area contributed by atoms with Crippen molar-refractivity contribution in [3.05, 3.63) is 26.2 Å². The van der Waals surface area contributed by atoms with Crippen molar-refractivity contribution in [3.8, 4) is 5.75 Å². The number of rotatable bonds is 0. The van der Waals surface area contributed by atoms with Gasteiger partial charge in [-0.05, 0) is 6.07 Å². The molecule has 1 aromatic carbocycles. The maximum Gasteiger partial charge on any atom is 0.217 e. The smallest absolute Gasteiger partial charge is 0.217 e. The molecule has 0 aliphatic rings. The fourth-order valence-electron chi connectivity index (χ4n) is 0.550. The van der Waals surface area contributed by atoms with Crippen molar-refractivity contribution in [3.63, 3.8) is 0 Å². The minimum Gasteiger partial charge on any atom is -0.287 e. The first-order valence-electron chi connectivity index (χ1n) is 2.54. The molecule has 0 aromatic heterocycles. The van der Waals surface area contributed by atoms with Gasteiger partial charge >= 0.3 is 0 Å². The summed E-state index contributed by atoms with van der Waals surface area (Å²) in [5.74, 6) is -0.497. The van der Waals surface area contributed by atoms with Crippen LogP contribution in [0.4, 0.5) is 0 Å². The molecule has 0 heterocycles. The number of benzene rings is 1. The average molecular weight is 231 g/mol. The Balaban J connectivity index is 3.46. The van der Waals surface area contributed by atoms with Crippen molar-refractivity contribution < 1.29 is 5.11 Å². The Labute approximate surface area is 83.4 Å². The van der Waals surface area contributed by atoms with E-state index in [0.717, 1.165) is 0 Å². The third kappa shape index (κ3) is 1.67. The zero-order chi connectivity index (χ0) is 8.59. The second-order valence-corrected chi connectivity index (χ2v) is 3.37. The van der Waals surface area contributed by atoms with Crippen LogP contribution >= 0.6 is 46.4 Å². The molecule has 0 unspecified atom stereocenters.